The first-order valence-electron chi connectivity index (χ1n) is 6.21. The molecule has 0 aromatic carbocycles. The third-order valence-corrected chi connectivity index (χ3v) is 3.63. The molecule has 19 heavy (non-hydrogen) atoms. The molecule has 2 heterocycles. The van der Waals surface area contributed by atoms with Crippen LogP contribution in [-0.2, 0) is 0 Å². The molecule has 2 aromatic heterocycles. The Morgan fingerprint density at radius 3 is 2.84 bits per heavy atom. The van der Waals surface area contributed by atoms with Crippen LogP contribution in [0.15, 0.2) is 0 Å². The predicted octanol–water partition coefficient (Wildman–Crippen LogP) is 1.36. The molecule has 1 N–H and O–H groups in total. The molecule has 3 rings (SSSR count). The highest BCUT2D eigenvalue weighted by atomic mass is 35.5. The maximum absolute atomic E-state index is 10.1. The number of fused-ring (bicyclic) bond motifs is 1. The zero-order valence-corrected chi connectivity index (χ0v) is 11.2. The van der Waals surface area contributed by atoms with Crippen molar-refractivity contribution in [3.8, 4) is 5.88 Å². The minimum absolute atomic E-state index is 0.0817. The molecule has 2 atom stereocenters. The van der Waals surface area contributed by atoms with Gasteiger partial charge in [-0.2, -0.15) is 9.97 Å². The zero-order valence-electron chi connectivity index (χ0n) is 10.5. The van der Waals surface area contributed by atoms with Crippen molar-refractivity contribution in [3.63, 3.8) is 0 Å². The summed E-state index contributed by atoms with van der Waals surface area (Å²) in [6.07, 6.45) is 3.27. The number of rotatable bonds is 2. The molecule has 1 aliphatic rings. The SMILES string of the molecule is COc1nc(Cl)nc2c1nnn2[C@H]1CCCC[C@H]1O. The monoisotopic (exact) mass is 283 g/mol. The molecular formula is C11H14ClN5O2. The molecule has 0 amide bonds. The van der Waals surface area contributed by atoms with Crippen LogP contribution >= 0.6 is 11.6 Å². The molecular weight excluding hydrogens is 270 g/mol. The molecule has 0 spiro atoms. The lowest BCUT2D eigenvalue weighted by Crippen LogP contribution is -2.28. The number of aliphatic hydroxyl groups excluding tert-OH is 1. The van der Waals surface area contributed by atoms with Gasteiger partial charge in [0, 0.05) is 0 Å². The first-order valence-corrected chi connectivity index (χ1v) is 6.59. The minimum Gasteiger partial charge on any atom is -0.479 e. The van der Waals surface area contributed by atoms with Gasteiger partial charge in [0.2, 0.25) is 11.2 Å². The third-order valence-electron chi connectivity index (χ3n) is 3.47. The summed E-state index contributed by atoms with van der Waals surface area (Å²) in [5, 5.41) is 18.3. The molecule has 1 aliphatic carbocycles. The highest BCUT2D eigenvalue weighted by Gasteiger charge is 2.28. The number of ether oxygens (including phenoxy) is 1. The van der Waals surface area contributed by atoms with Crippen LogP contribution in [0.1, 0.15) is 31.7 Å². The fourth-order valence-electron chi connectivity index (χ4n) is 2.52. The topological polar surface area (TPSA) is 86.0 Å². The van der Waals surface area contributed by atoms with E-state index in [1.54, 1.807) is 4.68 Å². The average molecular weight is 284 g/mol. The number of hydrogen-bond acceptors (Lipinski definition) is 6. The summed E-state index contributed by atoms with van der Waals surface area (Å²) in [5.41, 5.74) is 0.965. The Labute approximate surface area is 114 Å². The van der Waals surface area contributed by atoms with Crippen molar-refractivity contribution in [2.24, 2.45) is 0 Å². The van der Waals surface area contributed by atoms with E-state index in [1.165, 1.54) is 7.11 Å². The molecule has 8 heteroatoms. The molecule has 0 radical (unpaired) electrons. The highest BCUT2D eigenvalue weighted by Crippen LogP contribution is 2.31. The molecule has 2 aromatic rings. The zero-order chi connectivity index (χ0) is 13.4. The van der Waals surface area contributed by atoms with Gasteiger partial charge in [-0.15, -0.1) is 5.10 Å². The summed E-state index contributed by atoms with van der Waals surface area (Å²) in [4.78, 5) is 8.11. The number of halogens is 1. The number of nitrogens with zero attached hydrogens (tertiary/aromatic N) is 5. The van der Waals surface area contributed by atoms with E-state index in [1.807, 2.05) is 0 Å². The van der Waals surface area contributed by atoms with Crippen LogP contribution in [-0.4, -0.2) is 43.3 Å². The van der Waals surface area contributed by atoms with Crippen LogP contribution < -0.4 is 4.74 Å². The maximum atomic E-state index is 10.1. The lowest BCUT2D eigenvalue weighted by molar-refractivity contribution is 0.0703. The molecule has 0 bridgehead atoms. The van der Waals surface area contributed by atoms with Gasteiger partial charge in [-0.1, -0.05) is 18.1 Å². The smallest absolute Gasteiger partial charge is 0.248 e. The first kappa shape index (κ1) is 12.6. The van der Waals surface area contributed by atoms with Crippen molar-refractivity contribution < 1.29 is 9.84 Å². The molecule has 0 saturated heterocycles. The van der Waals surface area contributed by atoms with Crippen LogP contribution in [0.3, 0.4) is 0 Å². The Hall–Kier alpha value is -1.47. The van der Waals surface area contributed by atoms with E-state index in [-0.39, 0.29) is 11.3 Å². The van der Waals surface area contributed by atoms with Gasteiger partial charge < -0.3 is 9.84 Å². The number of aliphatic hydroxyl groups is 1. The summed E-state index contributed by atoms with van der Waals surface area (Å²) in [7, 11) is 1.49. The van der Waals surface area contributed by atoms with Crippen molar-refractivity contribution in [2.45, 2.75) is 37.8 Å². The fraction of sp³-hybridized carbons (Fsp3) is 0.636. The molecule has 7 nitrogen and oxygen atoms in total. The van der Waals surface area contributed by atoms with Gasteiger partial charge in [0.1, 0.15) is 0 Å². The third kappa shape index (κ3) is 2.12. The summed E-state index contributed by atoms with van der Waals surface area (Å²) < 4.78 is 6.76. The molecule has 0 unspecified atom stereocenters. The van der Waals surface area contributed by atoms with E-state index in [9.17, 15) is 5.11 Å². The lowest BCUT2D eigenvalue weighted by Gasteiger charge is -2.27. The largest absolute Gasteiger partial charge is 0.479 e. The van der Waals surface area contributed by atoms with Gasteiger partial charge in [0.05, 0.1) is 19.3 Å². The summed E-state index contributed by atoms with van der Waals surface area (Å²) in [6.45, 7) is 0. The lowest BCUT2D eigenvalue weighted by atomic mass is 9.93. The van der Waals surface area contributed by atoms with Crippen molar-refractivity contribution in [3.05, 3.63) is 5.28 Å². The Morgan fingerprint density at radius 2 is 2.11 bits per heavy atom. The van der Waals surface area contributed by atoms with Crippen molar-refractivity contribution >= 4 is 22.8 Å². The highest BCUT2D eigenvalue weighted by molar-refractivity contribution is 6.28. The van der Waals surface area contributed by atoms with E-state index >= 15 is 0 Å². The summed E-state index contributed by atoms with van der Waals surface area (Å²) in [6, 6.07) is -0.116. The minimum atomic E-state index is -0.432. The first-order chi connectivity index (χ1) is 9.20. The van der Waals surface area contributed by atoms with Crippen LogP contribution in [0, 0.1) is 0 Å². The molecule has 102 valence electrons. The summed E-state index contributed by atoms with van der Waals surface area (Å²) in [5.74, 6) is 0.298. The Balaban J connectivity index is 2.11. The van der Waals surface area contributed by atoms with Crippen molar-refractivity contribution in [1.29, 1.82) is 0 Å². The van der Waals surface area contributed by atoms with Gasteiger partial charge in [0.15, 0.2) is 11.2 Å². The van der Waals surface area contributed by atoms with Crippen molar-refractivity contribution in [2.75, 3.05) is 7.11 Å². The normalized spacial score (nSPS) is 23.7. The van der Waals surface area contributed by atoms with Gasteiger partial charge in [-0.05, 0) is 24.4 Å². The standard InChI is InChI=1S/C11H14ClN5O2/c1-19-10-8-9(13-11(12)14-10)17(16-15-8)6-4-2-3-5-7(6)18/h6-7,18H,2-5H2,1H3/t6-,7+/m0/s1. The van der Waals surface area contributed by atoms with E-state index in [4.69, 9.17) is 16.3 Å². The van der Waals surface area contributed by atoms with E-state index < -0.39 is 6.10 Å². The average Bonchev–Trinajstić information content (AvgIpc) is 2.82. The second kappa shape index (κ2) is 4.90. The Bertz CT molecular complexity index is 602. The van der Waals surface area contributed by atoms with E-state index in [2.05, 4.69) is 20.3 Å². The molecule has 0 aliphatic heterocycles. The van der Waals surface area contributed by atoms with Crippen LogP contribution in [0.4, 0.5) is 0 Å². The van der Waals surface area contributed by atoms with Crippen LogP contribution in [0.2, 0.25) is 5.28 Å². The number of methoxy groups -OCH3 is 1. The van der Waals surface area contributed by atoms with Crippen molar-refractivity contribution in [1.82, 2.24) is 25.0 Å². The van der Waals surface area contributed by atoms with Gasteiger partial charge in [0.25, 0.3) is 0 Å². The second-order valence-corrected chi connectivity index (χ2v) is 4.97. The Kier molecular flexibility index (Phi) is 3.24. The predicted molar refractivity (Wildman–Crippen MR) is 68.2 cm³/mol. The number of hydrogen-bond donors (Lipinski definition) is 1. The van der Waals surface area contributed by atoms with Gasteiger partial charge in [-0.3, -0.25) is 0 Å². The quantitative estimate of drug-likeness (QED) is 0.838. The molecule has 1 fully saturated rings. The maximum Gasteiger partial charge on any atom is 0.248 e. The summed E-state index contributed by atoms with van der Waals surface area (Å²) >= 11 is 5.87. The van der Waals surface area contributed by atoms with E-state index in [0.717, 1.165) is 25.7 Å². The number of aromatic nitrogens is 5. The van der Waals surface area contributed by atoms with E-state index in [0.29, 0.717) is 17.0 Å². The van der Waals surface area contributed by atoms with Crippen LogP contribution in [0.5, 0.6) is 5.88 Å². The fourth-order valence-corrected chi connectivity index (χ4v) is 2.68. The Morgan fingerprint density at radius 1 is 1.32 bits per heavy atom. The van der Waals surface area contributed by atoms with Gasteiger partial charge >= 0.3 is 0 Å². The van der Waals surface area contributed by atoms with Crippen LogP contribution in [0.25, 0.3) is 11.2 Å². The van der Waals surface area contributed by atoms with Gasteiger partial charge in [-0.25, -0.2) is 4.68 Å². The second-order valence-electron chi connectivity index (χ2n) is 4.63. The molecule has 1 saturated carbocycles.